The molecule has 138 valence electrons. The summed E-state index contributed by atoms with van der Waals surface area (Å²) < 4.78 is 7.29. The van der Waals surface area contributed by atoms with E-state index in [9.17, 15) is 4.79 Å². The van der Waals surface area contributed by atoms with Crippen molar-refractivity contribution in [2.75, 3.05) is 38.8 Å². The molecule has 0 atom stereocenters. The second kappa shape index (κ2) is 8.34. The zero-order valence-electron chi connectivity index (χ0n) is 16.2. The van der Waals surface area contributed by atoms with Gasteiger partial charge in [-0.25, -0.2) is 4.98 Å². The van der Waals surface area contributed by atoms with E-state index in [2.05, 4.69) is 18.7 Å². The van der Waals surface area contributed by atoms with E-state index in [0.717, 1.165) is 36.7 Å². The van der Waals surface area contributed by atoms with Crippen LogP contribution in [0.2, 0.25) is 0 Å². The SMILES string of the molecule is CCc1nc2ccc(C(=O)N(C)C(C)C)cn2c1N(CC)CCOC. The average Bonchev–Trinajstić information content (AvgIpc) is 2.99. The number of hydrogen-bond donors (Lipinski definition) is 0. The Kier molecular flexibility index (Phi) is 6.42. The first kappa shape index (κ1) is 19.2. The van der Waals surface area contributed by atoms with E-state index in [4.69, 9.17) is 9.72 Å². The first-order chi connectivity index (χ1) is 11.9. The molecule has 0 N–H and O–H groups in total. The Bertz CT molecular complexity index is 724. The van der Waals surface area contributed by atoms with Crippen LogP contribution in [0.25, 0.3) is 5.65 Å². The third kappa shape index (κ3) is 3.95. The third-order valence-corrected chi connectivity index (χ3v) is 4.59. The average molecular weight is 346 g/mol. The van der Waals surface area contributed by atoms with E-state index in [0.29, 0.717) is 12.2 Å². The van der Waals surface area contributed by atoms with Crippen LogP contribution in [0.4, 0.5) is 5.82 Å². The summed E-state index contributed by atoms with van der Waals surface area (Å²) in [6.45, 7) is 10.5. The topological polar surface area (TPSA) is 50.1 Å². The monoisotopic (exact) mass is 346 g/mol. The number of pyridine rings is 1. The van der Waals surface area contributed by atoms with E-state index in [1.54, 1.807) is 12.0 Å². The van der Waals surface area contributed by atoms with Gasteiger partial charge in [0.05, 0.1) is 17.9 Å². The largest absolute Gasteiger partial charge is 0.383 e. The van der Waals surface area contributed by atoms with Gasteiger partial charge in [0.1, 0.15) is 11.5 Å². The van der Waals surface area contributed by atoms with Crippen LogP contribution in [0.1, 0.15) is 43.7 Å². The molecular formula is C19H30N4O2. The Labute approximate surface area is 150 Å². The Balaban J connectivity index is 2.52. The number of aryl methyl sites for hydroxylation is 1. The minimum atomic E-state index is 0.0227. The molecule has 0 aliphatic rings. The fraction of sp³-hybridized carbons (Fsp3) is 0.579. The van der Waals surface area contributed by atoms with E-state index in [1.165, 1.54) is 0 Å². The molecule has 0 radical (unpaired) electrons. The molecule has 25 heavy (non-hydrogen) atoms. The number of imidazole rings is 1. The van der Waals surface area contributed by atoms with Crippen molar-refractivity contribution >= 4 is 17.4 Å². The van der Waals surface area contributed by atoms with E-state index in [1.807, 2.05) is 43.6 Å². The number of nitrogens with zero attached hydrogens (tertiary/aromatic N) is 4. The highest BCUT2D eigenvalue weighted by molar-refractivity contribution is 5.94. The van der Waals surface area contributed by atoms with Gasteiger partial charge in [-0.15, -0.1) is 0 Å². The van der Waals surface area contributed by atoms with Crippen LogP contribution in [0.3, 0.4) is 0 Å². The van der Waals surface area contributed by atoms with Crippen molar-refractivity contribution < 1.29 is 9.53 Å². The maximum Gasteiger partial charge on any atom is 0.255 e. The molecule has 0 aliphatic carbocycles. The molecule has 0 bridgehead atoms. The molecule has 1 amide bonds. The van der Waals surface area contributed by atoms with Crippen molar-refractivity contribution in [1.82, 2.24) is 14.3 Å². The number of hydrogen-bond acceptors (Lipinski definition) is 4. The summed E-state index contributed by atoms with van der Waals surface area (Å²) in [4.78, 5) is 21.4. The van der Waals surface area contributed by atoms with Crippen molar-refractivity contribution in [2.45, 2.75) is 40.2 Å². The second-order valence-electron chi connectivity index (χ2n) is 6.46. The normalized spacial score (nSPS) is 11.3. The predicted molar refractivity (Wildman–Crippen MR) is 102 cm³/mol. The minimum absolute atomic E-state index is 0.0227. The van der Waals surface area contributed by atoms with Crippen LogP contribution in [-0.4, -0.2) is 60.1 Å². The standard InChI is InChI=1S/C19H30N4O2/c1-7-16-18(22(8-2)11-12-25-6)23-13-15(9-10-17(23)20-16)19(24)21(5)14(3)4/h9-10,13-14H,7-8,11-12H2,1-6H3. The number of aromatic nitrogens is 2. The zero-order valence-corrected chi connectivity index (χ0v) is 16.2. The number of methoxy groups -OCH3 is 1. The molecule has 0 saturated heterocycles. The number of amides is 1. The van der Waals surface area contributed by atoms with Crippen LogP contribution < -0.4 is 4.90 Å². The quantitative estimate of drug-likeness (QED) is 0.737. The van der Waals surface area contributed by atoms with E-state index in [-0.39, 0.29) is 11.9 Å². The molecule has 0 unspecified atom stereocenters. The van der Waals surface area contributed by atoms with Gasteiger partial charge < -0.3 is 14.5 Å². The highest BCUT2D eigenvalue weighted by Gasteiger charge is 2.20. The van der Waals surface area contributed by atoms with Crippen molar-refractivity contribution in [2.24, 2.45) is 0 Å². The molecule has 2 rings (SSSR count). The molecule has 0 aliphatic heterocycles. The highest BCUT2D eigenvalue weighted by atomic mass is 16.5. The van der Waals surface area contributed by atoms with Crippen LogP contribution in [0, 0.1) is 0 Å². The Morgan fingerprint density at radius 1 is 1.32 bits per heavy atom. The Hall–Kier alpha value is -2.08. The van der Waals surface area contributed by atoms with Crippen molar-refractivity contribution in [3.05, 3.63) is 29.6 Å². The summed E-state index contributed by atoms with van der Waals surface area (Å²) in [6, 6.07) is 3.94. The van der Waals surface area contributed by atoms with E-state index < -0.39 is 0 Å². The first-order valence-corrected chi connectivity index (χ1v) is 8.96. The number of ether oxygens (including phenoxy) is 1. The summed E-state index contributed by atoms with van der Waals surface area (Å²) >= 11 is 0. The van der Waals surface area contributed by atoms with Crippen molar-refractivity contribution in [1.29, 1.82) is 0 Å². The van der Waals surface area contributed by atoms with Gasteiger partial charge in [-0.2, -0.15) is 0 Å². The third-order valence-electron chi connectivity index (χ3n) is 4.59. The molecule has 6 heteroatoms. The van der Waals surface area contributed by atoms with Gasteiger partial charge in [-0.1, -0.05) is 6.92 Å². The van der Waals surface area contributed by atoms with Gasteiger partial charge in [0, 0.05) is 39.5 Å². The smallest absolute Gasteiger partial charge is 0.255 e. The van der Waals surface area contributed by atoms with Crippen molar-refractivity contribution in [3.8, 4) is 0 Å². The van der Waals surface area contributed by atoms with Crippen LogP contribution in [0.5, 0.6) is 0 Å². The lowest BCUT2D eigenvalue weighted by molar-refractivity contribution is 0.0754. The Morgan fingerprint density at radius 3 is 2.60 bits per heavy atom. The lowest BCUT2D eigenvalue weighted by Gasteiger charge is -2.24. The molecule has 2 aromatic heterocycles. The van der Waals surface area contributed by atoms with Gasteiger partial charge in [0.25, 0.3) is 5.91 Å². The van der Waals surface area contributed by atoms with Crippen LogP contribution >= 0.6 is 0 Å². The molecule has 0 fully saturated rings. The molecule has 2 aromatic rings. The molecule has 0 aromatic carbocycles. The maximum atomic E-state index is 12.7. The Morgan fingerprint density at radius 2 is 2.04 bits per heavy atom. The minimum Gasteiger partial charge on any atom is -0.383 e. The fourth-order valence-electron chi connectivity index (χ4n) is 2.83. The first-order valence-electron chi connectivity index (χ1n) is 8.96. The number of rotatable bonds is 8. The predicted octanol–water partition coefficient (Wildman–Crippen LogP) is 2.85. The van der Waals surface area contributed by atoms with Gasteiger partial charge in [0.15, 0.2) is 0 Å². The van der Waals surface area contributed by atoms with Gasteiger partial charge in [-0.05, 0) is 39.3 Å². The summed E-state index contributed by atoms with van der Waals surface area (Å²) in [5.74, 6) is 1.08. The van der Waals surface area contributed by atoms with Gasteiger partial charge in [0.2, 0.25) is 0 Å². The van der Waals surface area contributed by atoms with Gasteiger partial charge >= 0.3 is 0 Å². The summed E-state index contributed by atoms with van der Waals surface area (Å²) in [7, 11) is 3.54. The lowest BCUT2D eigenvalue weighted by atomic mass is 10.2. The zero-order chi connectivity index (χ0) is 18.6. The summed E-state index contributed by atoms with van der Waals surface area (Å²) in [5.41, 5.74) is 2.58. The molecule has 0 saturated carbocycles. The number of likely N-dealkylation sites (N-methyl/N-ethyl adjacent to an activating group) is 1. The van der Waals surface area contributed by atoms with E-state index >= 15 is 0 Å². The number of carbonyl (C=O) groups excluding carboxylic acids is 1. The molecule has 2 heterocycles. The number of fused-ring (bicyclic) bond motifs is 1. The summed E-state index contributed by atoms with van der Waals surface area (Å²) in [6.07, 6.45) is 2.75. The number of anilines is 1. The summed E-state index contributed by atoms with van der Waals surface area (Å²) in [5, 5.41) is 0. The lowest BCUT2D eigenvalue weighted by Crippen LogP contribution is -2.33. The van der Waals surface area contributed by atoms with Gasteiger partial charge in [-0.3, -0.25) is 9.20 Å². The molecule has 0 spiro atoms. The highest BCUT2D eigenvalue weighted by Crippen LogP contribution is 2.24. The molecule has 6 nitrogen and oxygen atoms in total. The van der Waals surface area contributed by atoms with Crippen LogP contribution in [0.15, 0.2) is 18.3 Å². The molecular weight excluding hydrogens is 316 g/mol. The van der Waals surface area contributed by atoms with Crippen LogP contribution in [-0.2, 0) is 11.2 Å². The second-order valence-corrected chi connectivity index (χ2v) is 6.46. The number of carbonyl (C=O) groups is 1. The fourth-order valence-corrected chi connectivity index (χ4v) is 2.83. The van der Waals surface area contributed by atoms with Crippen molar-refractivity contribution in [3.63, 3.8) is 0 Å². The maximum absolute atomic E-state index is 12.7.